The van der Waals surface area contributed by atoms with Crippen molar-refractivity contribution in [3.05, 3.63) is 53.9 Å². The number of nitrogens with one attached hydrogen (secondary N) is 2. The maximum absolute atomic E-state index is 4.76. The Bertz CT molecular complexity index is 643. The molecule has 130 valence electrons. The fourth-order valence-corrected chi connectivity index (χ4v) is 2.48. The van der Waals surface area contributed by atoms with Crippen LogP contribution in [0.25, 0.3) is 0 Å². The molecule has 0 aliphatic rings. The van der Waals surface area contributed by atoms with Gasteiger partial charge in [0.25, 0.3) is 0 Å². The van der Waals surface area contributed by atoms with Crippen LogP contribution in [0.5, 0.6) is 0 Å². The summed E-state index contributed by atoms with van der Waals surface area (Å²) >= 11 is 0. The molecule has 2 N–H and O–H groups in total. The van der Waals surface area contributed by atoms with E-state index in [4.69, 9.17) is 4.99 Å². The molecule has 0 aliphatic carbocycles. The molecule has 0 saturated carbocycles. The van der Waals surface area contributed by atoms with Gasteiger partial charge in [-0.1, -0.05) is 44.2 Å². The van der Waals surface area contributed by atoms with Gasteiger partial charge < -0.3 is 10.6 Å². The first-order valence-corrected chi connectivity index (χ1v) is 8.58. The van der Waals surface area contributed by atoms with Crippen LogP contribution >= 0.6 is 0 Å². The number of aliphatic imine (C=N–C) groups is 1. The second-order valence-electron chi connectivity index (χ2n) is 6.65. The van der Waals surface area contributed by atoms with Crippen molar-refractivity contribution in [3.8, 4) is 0 Å². The summed E-state index contributed by atoms with van der Waals surface area (Å²) in [6, 6.07) is 10.5. The third-order valence-electron chi connectivity index (χ3n) is 3.93. The summed E-state index contributed by atoms with van der Waals surface area (Å²) in [4.78, 5) is 4.76. The van der Waals surface area contributed by atoms with Gasteiger partial charge in [-0.15, -0.1) is 0 Å². The van der Waals surface area contributed by atoms with Crippen LogP contribution in [0.1, 0.15) is 31.9 Å². The van der Waals surface area contributed by atoms with E-state index >= 15 is 0 Å². The quantitative estimate of drug-likeness (QED) is 0.607. The second kappa shape index (κ2) is 8.52. The van der Waals surface area contributed by atoms with Gasteiger partial charge >= 0.3 is 0 Å². The highest BCUT2D eigenvalue weighted by Crippen LogP contribution is 2.22. The molecule has 0 bridgehead atoms. The summed E-state index contributed by atoms with van der Waals surface area (Å²) in [6.45, 7) is 11.8. The lowest BCUT2D eigenvalue weighted by molar-refractivity contribution is 0.535. The average Bonchev–Trinajstić information content (AvgIpc) is 2.99. The molecule has 5 nitrogen and oxygen atoms in total. The first-order chi connectivity index (χ1) is 11.5. The monoisotopic (exact) mass is 327 g/mol. The van der Waals surface area contributed by atoms with E-state index in [-0.39, 0.29) is 5.41 Å². The first-order valence-electron chi connectivity index (χ1n) is 8.58. The molecule has 0 amide bonds. The molecule has 0 aliphatic heterocycles. The van der Waals surface area contributed by atoms with E-state index in [1.54, 1.807) is 0 Å². The fraction of sp³-hybridized carbons (Fsp3) is 0.474. The van der Waals surface area contributed by atoms with Gasteiger partial charge in [0.05, 0.1) is 19.3 Å². The lowest BCUT2D eigenvalue weighted by Crippen LogP contribution is -2.40. The van der Waals surface area contributed by atoms with Crippen LogP contribution in [-0.4, -0.2) is 35.4 Å². The maximum atomic E-state index is 4.76. The van der Waals surface area contributed by atoms with E-state index < -0.39 is 0 Å². The van der Waals surface area contributed by atoms with Crippen molar-refractivity contribution in [2.45, 2.75) is 39.7 Å². The molecule has 5 heteroatoms. The SMILES string of the molecule is CCNC(=NCC(C)(C)c1ccccc1)NCCn1cc(C)cn1. The Labute approximate surface area is 145 Å². The van der Waals surface area contributed by atoms with Crippen LogP contribution in [0.15, 0.2) is 47.7 Å². The number of guanidine groups is 1. The molecular formula is C19H29N5. The summed E-state index contributed by atoms with van der Waals surface area (Å²) in [6.07, 6.45) is 3.92. The Balaban J connectivity index is 1.92. The number of benzene rings is 1. The third kappa shape index (κ3) is 5.41. The van der Waals surface area contributed by atoms with Crippen molar-refractivity contribution < 1.29 is 0 Å². The molecule has 1 aromatic heterocycles. The molecule has 0 atom stereocenters. The summed E-state index contributed by atoms with van der Waals surface area (Å²) in [5.74, 6) is 0.852. The number of aryl methyl sites for hydroxylation is 1. The van der Waals surface area contributed by atoms with Crippen LogP contribution in [0.3, 0.4) is 0 Å². The van der Waals surface area contributed by atoms with Gasteiger partial charge in [-0.3, -0.25) is 9.67 Å². The minimum Gasteiger partial charge on any atom is -0.357 e. The number of rotatable bonds is 7. The van der Waals surface area contributed by atoms with E-state index in [2.05, 4.69) is 60.8 Å². The molecule has 1 aromatic carbocycles. The molecule has 2 rings (SSSR count). The predicted octanol–water partition coefficient (Wildman–Crippen LogP) is 2.72. The second-order valence-corrected chi connectivity index (χ2v) is 6.65. The van der Waals surface area contributed by atoms with Crippen molar-refractivity contribution in [1.82, 2.24) is 20.4 Å². The highest BCUT2D eigenvalue weighted by Gasteiger charge is 2.19. The van der Waals surface area contributed by atoms with Gasteiger partial charge in [0, 0.05) is 24.7 Å². The van der Waals surface area contributed by atoms with Crippen molar-refractivity contribution in [3.63, 3.8) is 0 Å². The Kier molecular flexibility index (Phi) is 6.41. The van der Waals surface area contributed by atoms with Crippen molar-refractivity contribution in [2.24, 2.45) is 4.99 Å². The van der Waals surface area contributed by atoms with Crippen LogP contribution in [0.2, 0.25) is 0 Å². The summed E-state index contributed by atoms with van der Waals surface area (Å²) < 4.78 is 1.94. The zero-order valence-electron chi connectivity index (χ0n) is 15.2. The first kappa shape index (κ1) is 18.0. The van der Waals surface area contributed by atoms with Crippen LogP contribution < -0.4 is 10.6 Å². The smallest absolute Gasteiger partial charge is 0.191 e. The number of nitrogens with zero attached hydrogens (tertiary/aromatic N) is 3. The van der Waals surface area contributed by atoms with Gasteiger partial charge in [0.15, 0.2) is 5.96 Å². The lowest BCUT2D eigenvalue weighted by atomic mass is 9.85. The van der Waals surface area contributed by atoms with Crippen LogP contribution in [0, 0.1) is 6.92 Å². The number of hydrogen-bond donors (Lipinski definition) is 2. The van der Waals surface area contributed by atoms with Crippen LogP contribution in [0.4, 0.5) is 0 Å². The van der Waals surface area contributed by atoms with E-state index in [0.717, 1.165) is 32.1 Å². The molecule has 0 saturated heterocycles. The fourth-order valence-electron chi connectivity index (χ4n) is 2.48. The molecular weight excluding hydrogens is 298 g/mol. The molecule has 1 heterocycles. The number of aromatic nitrogens is 2. The van der Waals surface area contributed by atoms with Gasteiger partial charge in [0.2, 0.25) is 0 Å². The van der Waals surface area contributed by atoms with E-state index in [1.807, 2.05) is 30.1 Å². The van der Waals surface area contributed by atoms with Gasteiger partial charge in [-0.25, -0.2) is 0 Å². The largest absolute Gasteiger partial charge is 0.357 e. The highest BCUT2D eigenvalue weighted by molar-refractivity contribution is 5.79. The van der Waals surface area contributed by atoms with Crippen molar-refractivity contribution >= 4 is 5.96 Å². The summed E-state index contributed by atoms with van der Waals surface area (Å²) in [5, 5.41) is 11.0. The average molecular weight is 327 g/mol. The molecule has 0 radical (unpaired) electrons. The lowest BCUT2D eigenvalue weighted by Gasteiger charge is -2.24. The Hall–Kier alpha value is -2.30. The summed E-state index contributed by atoms with van der Waals surface area (Å²) in [5.41, 5.74) is 2.49. The normalized spacial score (nSPS) is 12.2. The zero-order chi connectivity index (χ0) is 17.4. The Morgan fingerprint density at radius 1 is 1.21 bits per heavy atom. The summed E-state index contributed by atoms with van der Waals surface area (Å²) in [7, 11) is 0. The van der Waals surface area contributed by atoms with Gasteiger partial charge in [0.1, 0.15) is 0 Å². The zero-order valence-corrected chi connectivity index (χ0v) is 15.2. The van der Waals surface area contributed by atoms with E-state index in [9.17, 15) is 0 Å². The predicted molar refractivity (Wildman–Crippen MR) is 100 cm³/mol. The standard InChI is InChI=1S/C19H29N5/c1-5-20-18(21-11-12-24-14-16(2)13-23-24)22-15-19(3,4)17-9-7-6-8-10-17/h6-10,13-14H,5,11-12,15H2,1-4H3,(H2,20,21,22). The van der Waals surface area contributed by atoms with Crippen molar-refractivity contribution in [2.75, 3.05) is 19.6 Å². The highest BCUT2D eigenvalue weighted by atomic mass is 15.3. The number of hydrogen-bond acceptors (Lipinski definition) is 2. The topological polar surface area (TPSA) is 54.2 Å². The Morgan fingerprint density at radius 3 is 2.58 bits per heavy atom. The minimum absolute atomic E-state index is 0.00269. The molecule has 2 aromatic rings. The maximum Gasteiger partial charge on any atom is 0.191 e. The van der Waals surface area contributed by atoms with Crippen LogP contribution in [-0.2, 0) is 12.0 Å². The molecule has 24 heavy (non-hydrogen) atoms. The molecule has 0 unspecified atom stereocenters. The van der Waals surface area contributed by atoms with E-state index in [0.29, 0.717) is 0 Å². The van der Waals surface area contributed by atoms with Gasteiger partial charge in [-0.05, 0) is 25.0 Å². The third-order valence-corrected chi connectivity index (χ3v) is 3.93. The van der Waals surface area contributed by atoms with Gasteiger partial charge in [-0.2, -0.15) is 5.10 Å². The molecule has 0 fully saturated rings. The molecule has 0 spiro atoms. The van der Waals surface area contributed by atoms with Crippen molar-refractivity contribution in [1.29, 1.82) is 0 Å². The minimum atomic E-state index is 0.00269. The Morgan fingerprint density at radius 2 is 1.96 bits per heavy atom. The van der Waals surface area contributed by atoms with E-state index in [1.165, 1.54) is 11.1 Å².